The molecule has 19 heavy (non-hydrogen) atoms. The Bertz CT molecular complexity index is 411. The molecular weight excluding hydrogens is 242 g/mol. The van der Waals surface area contributed by atoms with Crippen LogP contribution in [0.2, 0.25) is 0 Å². The zero-order chi connectivity index (χ0) is 13.7. The van der Waals surface area contributed by atoms with Crippen LogP contribution in [0.1, 0.15) is 35.2 Å². The zero-order valence-corrected chi connectivity index (χ0v) is 11.5. The lowest BCUT2D eigenvalue weighted by molar-refractivity contribution is 0.0886. The van der Waals surface area contributed by atoms with Crippen molar-refractivity contribution in [1.82, 2.24) is 15.2 Å². The van der Waals surface area contributed by atoms with Crippen LogP contribution >= 0.6 is 0 Å². The lowest BCUT2D eigenvalue weighted by Gasteiger charge is -2.30. The topological polar surface area (TPSA) is 68.4 Å². The number of H-pyrrole nitrogens is 1. The van der Waals surface area contributed by atoms with E-state index in [2.05, 4.69) is 15.2 Å². The minimum absolute atomic E-state index is 0.0221. The minimum atomic E-state index is -0.195. The molecule has 1 aromatic heterocycles. The predicted octanol–water partition coefficient (Wildman–Crippen LogP) is 0.900. The molecular formula is C14H23N3O2. The summed E-state index contributed by atoms with van der Waals surface area (Å²) >= 11 is 0. The van der Waals surface area contributed by atoms with Crippen LogP contribution in [0.4, 0.5) is 0 Å². The van der Waals surface area contributed by atoms with E-state index in [4.69, 9.17) is 0 Å². The Balaban J connectivity index is 1.88. The van der Waals surface area contributed by atoms with Crippen molar-refractivity contribution in [1.29, 1.82) is 0 Å². The molecule has 1 unspecified atom stereocenters. The number of aryl methyl sites for hydroxylation is 1. The second-order valence-electron chi connectivity index (χ2n) is 5.27. The molecule has 2 rings (SSSR count). The van der Waals surface area contributed by atoms with Crippen LogP contribution in [0.25, 0.3) is 0 Å². The smallest absolute Gasteiger partial charge is 0.253 e. The molecule has 5 heteroatoms. The van der Waals surface area contributed by atoms with E-state index in [9.17, 15) is 9.90 Å². The summed E-state index contributed by atoms with van der Waals surface area (Å²) in [7, 11) is 0. The highest BCUT2D eigenvalue weighted by molar-refractivity contribution is 5.95. The van der Waals surface area contributed by atoms with Crippen LogP contribution < -0.4 is 5.32 Å². The average Bonchev–Trinajstić information content (AvgIpc) is 2.85. The molecule has 1 aromatic rings. The van der Waals surface area contributed by atoms with Gasteiger partial charge < -0.3 is 20.3 Å². The number of carbonyl (C=O) groups is 1. The van der Waals surface area contributed by atoms with E-state index in [-0.39, 0.29) is 18.6 Å². The van der Waals surface area contributed by atoms with Gasteiger partial charge in [0.1, 0.15) is 0 Å². The summed E-state index contributed by atoms with van der Waals surface area (Å²) in [6.45, 7) is 4.73. The predicted molar refractivity (Wildman–Crippen MR) is 74.2 cm³/mol. The molecule has 0 radical (unpaired) electrons. The van der Waals surface area contributed by atoms with Gasteiger partial charge in [-0.2, -0.15) is 0 Å². The summed E-state index contributed by atoms with van der Waals surface area (Å²) in [6, 6.07) is -0.195. The van der Waals surface area contributed by atoms with Crippen molar-refractivity contribution < 1.29 is 9.90 Å². The number of aliphatic hydroxyl groups excluding tert-OH is 1. The lowest BCUT2D eigenvalue weighted by atomic mass is 10.1. The van der Waals surface area contributed by atoms with Gasteiger partial charge in [-0.1, -0.05) is 6.42 Å². The largest absolute Gasteiger partial charge is 0.394 e. The maximum absolute atomic E-state index is 12.1. The van der Waals surface area contributed by atoms with Gasteiger partial charge in [0, 0.05) is 18.9 Å². The number of aromatic amines is 1. The first-order valence-electron chi connectivity index (χ1n) is 6.98. The third-order valence-corrected chi connectivity index (χ3v) is 3.68. The number of aromatic nitrogens is 1. The fraction of sp³-hybridized carbons (Fsp3) is 0.643. The highest BCUT2D eigenvalue weighted by Crippen LogP contribution is 2.10. The van der Waals surface area contributed by atoms with Crippen molar-refractivity contribution in [2.75, 3.05) is 26.2 Å². The molecule has 0 saturated carbocycles. The van der Waals surface area contributed by atoms with Gasteiger partial charge in [-0.3, -0.25) is 4.79 Å². The van der Waals surface area contributed by atoms with Crippen LogP contribution in [0.3, 0.4) is 0 Å². The number of piperidine rings is 1. The average molecular weight is 265 g/mol. The van der Waals surface area contributed by atoms with Crippen molar-refractivity contribution in [3.05, 3.63) is 23.5 Å². The summed E-state index contributed by atoms with van der Waals surface area (Å²) in [6.07, 6.45) is 7.20. The van der Waals surface area contributed by atoms with Gasteiger partial charge in [-0.05, 0) is 38.4 Å². The second kappa shape index (κ2) is 6.73. The Kier molecular flexibility index (Phi) is 4.99. The van der Waals surface area contributed by atoms with E-state index in [1.54, 1.807) is 12.4 Å². The molecule has 1 fully saturated rings. The SMILES string of the molecule is Cc1c[nH]cc1C(=O)NC(CO)CN1CCCCC1. The summed E-state index contributed by atoms with van der Waals surface area (Å²) < 4.78 is 0. The van der Waals surface area contributed by atoms with Crippen molar-refractivity contribution in [3.8, 4) is 0 Å². The summed E-state index contributed by atoms with van der Waals surface area (Å²) in [5, 5.41) is 12.3. The standard InChI is InChI=1S/C14H23N3O2/c1-11-7-15-8-13(11)14(19)16-12(10-18)9-17-5-3-2-4-6-17/h7-8,12,15,18H,2-6,9-10H2,1H3,(H,16,19). The van der Waals surface area contributed by atoms with Gasteiger partial charge in [0.15, 0.2) is 0 Å². The van der Waals surface area contributed by atoms with Gasteiger partial charge in [0.25, 0.3) is 5.91 Å². The Hall–Kier alpha value is -1.33. The van der Waals surface area contributed by atoms with Crippen LogP contribution in [0, 0.1) is 6.92 Å². The Morgan fingerprint density at radius 2 is 2.16 bits per heavy atom. The summed E-state index contributed by atoms with van der Waals surface area (Å²) in [5.41, 5.74) is 1.57. The summed E-state index contributed by atoms with van der Waals surface area (Å²) in [5.74, 6) is -0.116. The molecule has 106 valence electrons. The number of nitrogens with zero attached hydrogens (tertiary/aromatic N) is 1. The Morgan fingerprint density at radius 3 is 2.74 bits per heavy atom. The molecule has 0 aromatic carbocycles. The normalized spacial score (nSPS) is 18.2. The number of hydrogen-bond donors (Lipinski definition) is 3. The Labute approximate surface area is 114 Å². The lowest BCUT2D eigenvalue weighted by Crippen LogP contribution is -2.47. The van der Waals surface area contributed by atoms with Gasteiger partial charge in [0.2, 0.25) is 0 Å². The van der Waals surface area contributed by atoms with Gasteiger partial charge in [0.05, 0.1) is 18.2 Å². The van der Waals surface area contributed by atoms with E-state index in [1.165, 1.54) is 19.3 Å². The third kappa shape index (κ3) is 3.81. The van der Waals surface area contributed by atoms with Gasteiger partial charge >= 0.3 is 0 Å². The van der Waals surface area contributed by atoms with Crippen LogP contribution in [-0.2, 0) is 0 Å². The molecule has 1 saturated heterocycles. The van der Waals surface area contributed by atoms with Crippen molar-refractivity contribution >= 4 is 5.91 Å². The molecule has 0 aliphatic carbocycles. The number of hydrogen-bond acceptors (Lipinski definition) is 3. The second-order valence-corrected chi connectivity index (χ2v) is 5.27. The van der Waals surface area contributed by atoms with Crippen molar-refractivity contribution in [2.45, 2.75) is 32.2 Å². The number of nitrogens with one attached hydrogen (secondary N) is 2. The molecule has 1 aliphatic heterocycles. The quantitative estimate of drug-likeness (QED) is 0.741. The van der Waals surface area contributed by atoms with Crippen molar-refractivity contribution in [2.24, 2.45) is 0 Å². The van der Waals surface area contributed by atoms with Crippen LogP contribution in [0.15, 0.2) is 12.4 Å². The Morgan fingerprint density at radius 1 is 1.42 bits per heavy atom. The molecule has 5 nitrogen and oxygen atoms in total. The van der Waals surface area contributed by atoms with Crippen LogP contribution in [-0.4, -0.2) is 53.2 Å². The number of carbonyl (C=O) groups excluding carboxylic acids is 1. The minimum Gasteiger partial charge on any atom is -0.394 e. The first-order valence-corrected chi connectivity index (χ1v) is 6.98. The van der Waals surface area contributed by atoms with E-state index >= 15 is 0 Å². The van der Waals surface area contributed by atoms with E-state index in [0.29, 0.717) is 5.56 Å². The first kappa shape index (κ1) is 14.1. The number of likely N-dealkylation sites (tertiary alicyclic amines) is 1. The van der Waals surface area contributed by atoms with Gasteiger partial charge in [-0.25, -0.2) is 0 Å². The monoisotopic (exact) mass is 265 g/mol. The number of amides is 1. The molecule has 3 N–H and O–H groups in total. The van der Waals surface area contributed by atoms with Crippen LogP contribution in [0.5, 0.6) is 0 Å². The summed E-state index contributed by atoms with van der Waals surface area (Å²) in [4.78, 5) is 17.3. The highest BCUT2D eigenvalue weighted by Gasteiger charge is 2.19. The van der Waals surface area contributed by atoms with E-state index in [1.807, 2.05) is 6.92 Å². The third-order valence-electron chi connectivity index (χ3n) is 3.68. The highest BCUT2D eigenvalue weighted by atomic mass is 16.3. The van der Waals surface area contributed by atoms with E-state index in [0.717, 1.165) is 25.2 Å². The fourth-order valence-corrected chi connectivity index (χ4v) is 2.55. The molecule has 1 aliphatic rings. The van der Waals surface area contributed by atoms with Crippen molar-refractivity contribution in [3.63, 3.8) is 0 Å². The molecule has 0 spiro atoms. The fourth-order valence-electron chi connectivity index (χ4n) is 2.55. The number of aliphatic hydroxyl groups is 1. The molecule has 2 heterocycles. The zero-order valence-electron chi connectivity index (χ0n) is 11.5. The van der Waals surface area contributed by atoms with E-state index < -0.39 is 0 Å². The van der Waals surface area contributed by atoms with Gasteiger partial charge in [-0.15, -0.1) is 0 Å². The molecule has 0 bridgehead atoms. The number of rotatable bonds is 5. The molecule has 1 atom stereocenters. The first-order chi connectivity index (χ1) is 9.20. The maximum atomic E-state index is 12.1. The maximum Gasteiger partial charge on any atom is 0.253 e. The molecule has 1 amide bonds.